The molecule has 0 fully saturated rings. The van der Waals surface area contributed by atoms with Crippen LogP contribution < -0.4 is 4.74 Å². The van der Waals surface area contributed by atoms with Crippen molar-refractivity contribution in [3.05, 3.63) is 17.7 Å². The zero-order valence-corrected chi connectivity index (χ0v) is 18.9. The van der Waals surface area contributed by atoms with Crippen LogP contribution in [0.25, 0.3) is 11.2 Å². The number of carbonyl (C=O) groups excluding carboxylic acids is 1. The summed E-state index contributed by atoms with van der Waals surface area (Å²) in [5.41, 5.74) is 2.66. The molecule has 0 aliphatic carbocycles. The Bertz CT molecular complexity index is 658. The molecule has 0 spiro atoms. The van der Waals surface area contributed by atoms with Crippen LogP contribution in [0.3, 0.4) is 0 Å². The lowest BCUT2D eigenvalue weighted by Gasteiger charge is -2.04. The number of ether oxygens (including phenoxy) is 1. The van der Waals surface area contributed by atoms with E-state index in [4.69, 9.17) is 9.15 Å². The molecule has 29 heavy (non-hydrogen) atoms. The smallest absolute Gasteiger partial charge is 0.311 e. The molecule has 0 aromatic carbocycles. The van der Waals surface area contributed by atoms with Crippen LogP contribution in [0.15, 0.2) is 16.5 Å². The van der Waals surface area contributed by atoms with E-state index < -0.39 is 0 Å². The minimum absolute atomic E-state index is 0.134. The summed E-state index contributed by atoms with van der Waals surface area (Å²) in [6, 6.07) is 3.83. The van der Waals surface area contributed by atoms with Gasteiger partial charge in [-0.1, -0.05) is 104 Å². The zero-order valence-electron chi connectivity index (χ0n) is 18.9. The maximum absolute atomic E-state index is 12.0. The van der Waals surface area contributed by atoms with E-state index in [0.717, 1.165) is 36.0 Å². The SMILES string of the molecule is CCCCCCCCCCCCCCCCCC(=O)Oc1cc2cc(CC)c1o2. The van der Waals surface area contributed by atoms with Gasteiger partial charge in [0.1, 0.15) is 5.58 Å². The molecule has 164 valence electrons. The second-order valence-electron chi connectivity index (χ2n) is 8.54. The van der Waals surface area contributed by atoms with Crippen molar-refractivity contribution >= 4 is 17.1 Å². The van der Waals surface area contributed by atoms with E-state index in [1.807, 2.05) is 12.1 Å². The van der Waals surface area contributed by atoms with E-state index in [9.17, 15) is 4.79 Å². The summed E-state index contributed by atoms with van der Waals surface area (Å²) in [4.78, 5) is 12.0. The van der Waals surface area contributed by atoms with Crippen LogP contribution in [0.4, 0.5) is 0 Å². The summed E-state index contributed by atoms with van der Waals surface area (Å²) in [6.45, 7) is 4.36. The zero-order chi connectivity index (χ0) is 20.7. The predicted molar refractivity (Wildman–Crippen MR) is 122 cm³/mol. The molecule has 0 amide bonds. The molecule has 2 bridgehead atoms. The third-order valence-corrected chi connectivity index (χ3v) is 5.91. The van der Waals surface area contributed by atoms with Gasteiger partial charge in [0.15, 0.2) is 11.3 Å². The monoisotopic (exact) mass is 402 g/mol. The van der Waals surface area contributed by atoms with Crippen molar-refractivity contribution in [1.29, 1.82) is 0 Å². The quantitative estimate of drug-likeness (QED) is 0.142. The van der Waals surface area contributed by atoms with Gasteiger partial charge in [0.25, 0.3) is 0 Å². The van der Waals surface area contributed by atoms with Gasteiger partial charge in [0.2, 0.25) is 0 Å². The maximum Gasteiger partial charge on any atom is 0.311 e. The van der Waals surface area contributed by atoms with Crippen LogP contribution in [-0.4, -0.2) is 5.97 Å². The van der Waals surface area contributed by atoms with Gasteiger partial charge < -0.3 is 9.15 Å². The van der Waals surface area contributed by atoms with E-state index in [1.165, 1.54) is 83.5 Å². The first-order chi connectivity index (χ1) is 14.2. The fourth-order valence-corrected chi connectivity index (χ4v) is 4.08. The summed E-state index contributed by atoms with van der Waals surface area (Å²) in [7, 11) is 0. The molecule has 0 N–H and O–H groups in total. The minimum atomic E-state index is -0.134. The van der Waals surface area contributed by atoms with Crippen LogP contribution in [0.2, 0.25) is 0 Å². The second kappa shape index (κ2) is 14.5. The molecule has 0 saturated heterocycles. The van der Waals surface area contributed by atoms with Crippen LogP contribution >= 0.6 is 0 Å². The van der Waals surface area contributed by atoms with Gasteiger partial charge in [-0.15, -0.1) is 0 Å². The second-order valence-corrected chi connectivity index (χ2v) is 8.54. The van der Waals surface area contributed by atoms with Gasteiger partial charge >= 0.3 is 5.97 Å². The van der Waals surface area contributed by atoms with Gasteiger partial charge in [0, 0.05) is 18.1 Å². The van der Waals surface area contributed by atoms with Gasteiger partial charge in [-0.25, -0.2) is 0 Å². The fraction of sp³-hybridized carbons (Fsp3) is 0.731. The average Bonchev–Trinajstić information content (AvgIpc) is 3.31. The molecule has 2 heterocycles. The fourth-order valence-electron chi connectivity index (χ4n) is 4.08. The lowest BCUT2D eigenvalue weighted by molar-refractivity contribution is -0.134. The highest BCUT2D eigenvalue weighted by Crippen LogP contribution is 2.33. The lowest BCUT2D eigenvalue weighted by atomic mass is 10.0. The first kappa shape index (κ1) is 23.8. The summed E-state index contributed by atoms with van der Waals surface area (Å²) in [6.07, 6.45) is 21.4. The number of carbonyl (C=O) groups is 1. The third kappa shape index (κ3) is 9.23. The highest BCUT2D eigenvalue weighted by molar-refractivity contribution is 5.81. The molecule has 0 aliphatic rings. The number of furan rings is 2. The van der Waals surface area contributed by atoms with Crippen molar-refractivity contribution in [2.45, 2.75) is 123 Å². The van der Waals surface area contributed by atoms with Crippen molar-refractivity contribution < 1.29 is 13.9 Å². The topological polar surface area (TPSA) is 39.4 Å². The Balaban J connectivity index is 1.37. The van der Waals surface area contributed by atoms with Crippen molar-refractivity contribution in [1.82, 2.24) is 0 Å². The van der Waals surface area contributed by atoms with E-state index in [2.05, 4.69) is 13.8 Å². The average molecular weight is 403 g/mol. The van der Waals surface area contributed by atoms with Crippen LogP contribution in [0, 0.1) is 0 Å². The lowest BCUT2D eigenvalue weighted by Crippen LogP contribution is -2.07. The first-order valence-electron chi connectivity index (χ1n) is 12.3. The number of fused-ring (bicyclic) bond motifs is 2. The van der Waals surface area contributed by atoms with Crippen LogP contribution in [-0.2, 0) is 11.2 Å². The van der Waals surface area contributed by atoms with Gasteiger partial charge in [0.05, 0.1) is 0 Å². The van der Waals surface area contributed by atoms with Crippen LogP contribution in [0.5, 0.6) is 5.75 Å². The Kier molecular flexibility index (Phi) is 11.9. The molecule has 0 radical (unpaired) electrons. The third-order valence-electron chi connectivity index (χ3n) is 5.91. The summed E-state index contributed by atoms with van der Waals surface area (Å²) in [5, 5.41) is 0. The number of rotatable bonds is 18. The molecule has 0 atom stereocenters. The molecule has 2 rings (SSSR count). The maximum atomic E-state index is 12.0. The molecular weight excluding hydrogens is 360 g/mol. The van der Waals surface area contributed by atoms with Crippen LogP contribution in [0.1, 0.15) is 122 Å². The van der Waals surface area contributed by atoms with Crippen molar-refractivity contribution in [2.24, 2.45) is 0 Å². The minimum Gasteiger partial charge on any atom is -0.453 e. The molecule has 0 unspecified atom stereocenters. The standard InChI is InChI=1S/C26H42O3/c1-3-5-6-7-8-9-10-11-12-13-14-15-16-17-18-19-25(27)29-24-21-23-20-22(4-2)26(24)28-23/h20-21H,3-19H2,1-2H3. The van der Waals surface area contributed by atoms with E-state index in [0.29, 0.717) is 12.2 Å². The predicted octanol–water partition coefficient (Wildman–Crippen LogP) is 8.60. The normalized spacial score (nSPS) is 11.5. The largest absolute Gasteiger partial charge is 0.453 e. The molecule has 3 nitrogen and oxygen atoms in total. The Labute approximate surface area is 177 Å². The van der Waals surface area contributed by atoms with Crippen molar-refractivity contribution in [2.75, 3.05) is 0 Å². The molecule has 2 aromatic rings. The number of aryl methyl sites for hydroxylation is 1. The summed E-state index contributed by atoms with van der Waals surface area (Å²) < 4.78 is 11.1. The number of unbranched alkanes of at least 4 members (excludes halogenated alkanes) is 14. The highest BCUT2D eigenvalue weighted by atomic mass is 16.5. The van der Waals surface area contributed by atoms with E-state index >= 15 is 0 Å². The number of hydrogen-bond donors (Lipinski definition) is 0. The molecule has 2 aromatic heterocycles. The highest BCUT2D eigenvalue weighted by Gasteiger charge is 2.16. The molecule has 3 heteroatoms. The van der Waals surface area contributed by atoms with Crippen molar-refractivity contribution in [3.63, 3.8) is 0 Å². The summed E-state index contributed by atoms with van der Waals surface area (Å²) in [5.74, 6) is 0.468. The number of hydrogen-bond acceptors (Lipinski definition) is 3. The number of esters is 1. The van der Waals surface area contributed by atoms with Gasteiger partial charge in [-0.3, -0.25) is 4.79 Å². The summed E-state index contributed by atoms with van der Waals surface area (Å²) >= 11 is 0. The Hall–Kier alpha value is -1.51. The molecule has 0 saturated carbocycles. The Morgan fingerprint density at radius 1 is 0.759 bits per heavy atom. The van der Waals surface area contributed by atoms with Gasteiger partial charge in [-0.05, 0) is 18.9 Å². The van der Waals surface area contributed by atoms with E-state index in [-0.39, 0.29) is 5.97 Å². The van der Waals surface area contributed by atoms with Crippen molar-refractivity contribution in [3.8, 4) is 5.75 Å². The number of benzene rings is 1. The Morgan fingerprint density at radius 3 is 1.76 bits per heavy atom. The molecule has 0 aliphatic heterocycles. The first-order valence-corrected chi connectivity index (χ1v) is 12.3. The van der Waals surface area contributed by atoms with E-state index in [1.54, 1.807) is 0 Å². The van der Waals surface area contributed by atoms with Gasteiger partial charge in [-0.2, -0.15) is 0 Å². The Morgan fingerprint density at radius 2 is 1.28 bits per heavy atom. The molecular formula is C26H42O3.